The minimum atomic E-state index is 0.00282. The molecule has 1 N–H and O–H groups in total. The molecule has 2 fully saturated rings. The Kier molecular flexibility index (Phi) is 6.72. The molecule has 29 heavy (non-hydrogen) atoms. The van der Waals surface area contributed by atoms with Gasteiger partial charge in [0, 0.05) is 30.8 Å². The fourth-order valence-corrected chi connectivity index (χ4v) is 4.29. The van der Waals surface area contributed by atoms with Crippen LogP contribution in [0, 0.1) is 0 Å². The second-order valence-electron chi connectivity index (χ2n) is 8.00. The van der Waals surface area contributed by atoms with E-state index >= 15 is 0 Å². The number of rotatable bonds is 7. The highest BCUT2D eigenvalue weighted by atomic mass is 16.5. The Morgan fingerprint density at radius 3 is 2.86 bits per heavy atom. The molecule has 1 aromatic heterocycles. The monoisotopic (exact) mass is 400 g/mol. The normalized spacial score (nSPS) is 20.2. The molecule has 1 unspecified atom stereocenters. The summed E-state index contributed by atoms with van der Waals surface area (Å²) in [6.07, 6.45) is 6.58. The SMILES string of the molecule is CCCc1c(OCCC2CCCCN2)ccc2c(=O)cc(N3CCOCC3)oc12. The first-order valence-electron chi connectivity index (χ1n) is 11.0. The van der Waals surface area contributed by atoms with E-state index in [4.69, 9.17) is 13.9 Å². The van der Waals surface area contributed by atoms with Gasteiger partial charge in [0.2, 0.25) is 0 Å². The number of hydrogen-bond donors (Lipinski definition) is 1. The van der Waals surface area contributed by atoms with Crippen LogP contribution in [0.25, 0.3) is 11.0 Å². The highest BCUT2D eigenvalue weighted by molar-refractivity contribution is 5.83. The van der Waals surface area contributed by atoms with Crippen molar-refractivity contribution in [3.05, 3.63) is 34.0 Å². The molecular formula is C23H32N2O4. The summed E-state index contributed by atoms with van der Waals surface area (Å²) in [5.41, 5.74) is 1.69. The van der Waals surface area contributed by atoms with Crippen LogP contribution in [0.3, 0.4) is 0 Å². The molecule has 2 aromatic rings. The number of anilines is 1. The summed E-state index contributed by atoms with van der Waals surface area (Å²) in [4.78, 5) is 14.8. The maximum Gasteiger partial charge on any atom is 0.200 e. The van der Waals surface area contributed by atoms with E-state index in [0.29, 0.717) is 42.7 Å². The fraction of sp³-hybridized carbons (Fsp3) is 0.609. The summed E-state index contributed by atoms with van der Waals surface area (Å²) in [6.45, 7) is 6.71. The van der Waals surface area contributed by atoms with Gasteiger partial charge in [-0.05, 0) is 44.4 Å². The Labute approximate surface area is 172 Å². The van der Waals surface area contributed by atoms with E-state index in [-0.39, 0.29) is 5.43 Å². The van der Waals surface area contributed by atoms with E-state index in [1.54, 1.807) is 6.07 Å². The van der Waals surface area contributed by atoms with E-state index in [1.807, 2.05) is 12.1 Å². The van der Waals surface area contributed by atoms with Crippen LogP contribution in [0.1, 0.15) is 44.6 Å². The van der Waals surface area contributed by atoms with Crippen LogP contribution in [-0.2, 0) is 11.2 Å². The molecule has 158 valence electrons. The average Bonchev–Trinajstić information content (AvgIpc) is 2.76. The van der Waals surface area contributed by atoms with E-state index < -0.39 is 0 Å². The second-order valence-corrected chi connectivity index (χ2v) is 8.00. The van der Waals surface area contributed by atoms with Crippen LogP contribution in [0.2, 0.25) is 0 Å². The van der Waals surface area contributed by atoms with Gasteiger partial charge in [0.1, 0.15) is 11.3 Å². The second kappa shape index (κ2) is 9.63. The summed E-state index contributed by atoms with van der Waals surface area (Å²) in [7, 11) is 0. The smallest absolute Gasteiger partial charge is 0.200 e. The zero-order valence-corrected chi connectivity index (χ0v) is 17.4. The van der Waals surface area contributed by atoms with Crippen LogP contribution in [0.5, 0.6) is 5.75 Å². The average molecular weight is 401 g/mol. The van der Waals surface area contributed by atoms with Crippen LogP contribution in [-0.4, -0.2) is 45.5 Å². The summed E-state index contributed by atoms with van der Waals surface area (Å²) in [5, 5.41) is 4.20. The molecule has 4 rings (SSSR count). The molecule has 1 aromatic carbocycles. The van der Waals surface area contributed by atoms with Crippen LogP contribution >= 0.6 is 0 Å². The molecule has 0 radical (unpaired) electrons. The number of nitrogens with zero attached hydrogens (tertiary/aromatic N) is 1. The zero-order valence-electron chi connectivity index (χ0n) is 17.4. The van der Waals surface area contributed by atoms with Crippen molar-refractivity contribution < 1.29 is 13.9 Å². The van der Waals surface area contributed by atoms with Crippen molar-refractivity contribution in [2.24, 2.45) is 0 Å². The number of ether oxygens (including phenoxy) is 2. The topological polar surface area (TPSA) is 63.9 Å². The first-order chi connectivity index (χ1) is 14.3. The van der Waals surface area contributed by atoms with Crippen molar-refractivity contribution in [2.75, 3.05) is 44.4 Å². The molecule has 0 saturated carbocycles. The number of morpholine rings is 1. The van der Waals surface area contributed by atoms with Gasteiger partial charge < -0.3 is 24.1 Å². The Bertz CT molecular complexity index is 867. The van der Waals surface area contributed by atoms with Crippen LogP contribution in [0.15, 0.2) is 27.4 Å². The predicted molar refractivity (Wildman–Crippen MR) is 115 cm³/mol. The van der Waals surface area contributed by atoms with Gasteiger partial charge in [0.25, 0.3) is 0 Å². The third-order valence-electron chi connectivity index (χ3n) is 5.90. The standard InChI is InChI=1S/C23H32N2O4/c1-2-5-19-21(28-13-9-17-6-3-4-10-24-17)8-7-18-20(26)16-22(29-23(18)19)25-11-14-27-15-12-25/h7-8,16-17,24H,2-6,9-15H2,1H3. The van der Waals surface area contributed by atoms with Crippen molar-refractivity contribution in [1.82, 2.24) is 5.32 Å². The molecule has 0 amide bonds. The number of piperidine rings is 1. The summed E-state index contributed by atoms with van der Waals surface area (Å²) < 4.78 is 17.9. The van der Waals surface area contributed by atoms with Crippen LogP contribution < -0.4 is 20.4 Å². The van der Waals surface area contributed by atoms with Crippen molar-refractivity contribution in [1.29, 1.82) is 0 Å². The van der Waals surface area contributed by atoms with Crippen LogP contribution in [0.4, 0.5) is 5.88 Å². The molecule has 0 aliphatic carbocycles. The Morgan fingerprint density at radius 1 is 1.24 bits per heavy atom. The first-order valence-corrected chi connectivity index (χ1v) is 11.0. The lowest BCUT2D eigenvalue weighted by Gasteiger charge is -2.27. The molecular weight excluding hydrogens is 368 g/mol. The third kappa shape index (κ3) is 4.75. The molecule has 2 aliphatic rings. The van der Waals surface area contributed by atoms with Gasteiger partial charge in [-0.3, -0.25) is 4.79 Å². The molecule has 6 heteroatoms. The van der Waals surface area contributed by atoms with Crippen molar-refractivity contribution in [2.45, 2.75) is 51.5 Å². The lowest BCUT2D eigenvalue weighted by molar-refractivity contribution is 0.121. The van der Waals surface area contributed by atoms with Gasteiger partial charge in [-0.15, -0.1) is 0 Å². The molecule has 1 atom stereocenters. The first kappa shape index (κ1) is 20.2. The molecule has 2 aliphatic heterocycles. The summed E-state index contributed by atoms with van der Waals surface area (Å²) in [5.74, 6) is 1.48. The lowest BCUT2D eigenvalue weighted by Crippen LogP contribution is -2.36. The number of fused-ring (bicyclic) bond motifs is 1. The van der Waals surface area contributed by atoms with Gasteiger partial charge in [-0.25, -0.2) is 0 Å². The van der Waals surface area contributed by atoms with Gasteiger partial charge in [-0.2, -0.15) is 0 Å². The molecule has 2 saturated heterocycles. The molecule has 0 bridgehead atoms. The van der Waals surface area contributed by atoms with Crippen molar-refractivity contribution in [3.8, 4) is 5.75 Å². The maximum absolute atomic E-state index is 12.8. The predicted octanol–water partition coefficient (Wildman–Crippen LogP) is 3.49. The summed E-state index contributed by atoms with van der Waals surface area (Å²) in [6, 6.07) is 5.94. The number of nitrogens with one attached hydrogen (secondary N) is 1. The number of benzene rings is 1. The minimum Gasteiger partial charge on any atom is -0.493 e. The van der Waals surface area contributed by atoms with E-state index in [0.717, 1.165) is 50.2 Å². The highest BCUT2D eigenvalue weighted by Crippen LogP contribution is 2.31. The Balaban J connectivity index is 1.59. The molecule has 0 spiro atoms. The Morgan fingerprint density at radius 2 is 2.10 bits per heavy atom. The molecule has 6 nitrogen and oxygen atoms in total. The zero-order chi connectivity index (χ0) is 20.1. The third-order valence-corrected chi connectivity index (χ3v) is 5.90. The van der Waals surface area contributed by atoms with Gasteiger partial charge in [-0.1, -0.05) is 19.8 Å². The number of hydrogen-bond acceptors (Lipinski definition) is 6. The quantitative estimate of drug-likeness (QED) is 0.768. The number of aryl methyl sites for hydroxylation is 1. The van der Waals surface area contributed by atoms with Gasteiger partial charge in [0.15, 0.2) is 11.3 Å². The highest BCUT2D eigenvalue weighted by Gasteiger charge is 2.19. The van der Waals surface area contributed by atoms with E-state index in [9.17, 15) is 4.79 Å². The molecule has 3 heterocycles. The lowest BCUT2D eigenvalue weighted by atomic mass is 10.0. The Hall–Kier alpha value is -2.05. The fourth-order valence-electron chi connectivity index (χ4n) is 4.29. The maximum atomic E-state index is 12.8. The van der Waals surface area contributed by atoms with E-state index in [1.165, 1.54) is 19.3 Å². The largest absolute Gasteiger partial charge is 0.493 e. The van der Waals surface area contributed by atoms with Gasteiger partial charge >= 0.3 is 0 Å². The van der Waals surface area contributed by atoms with Gasteiger partial charge in [0.05, 0.1) is 25.2 Å². The van der Waals surface area contributed by atoms with Crippen molar-refractivity contribution in [3.63, 3.8) is 0 Å². The van der Waals surface area contributed by atoms with Crippen molar-refractivity contribution >= 4 is 16.9 Å². The minimum absolute atomic E-state index is 0.00282. The van der Waals surface area contributed by atoms with E-state index in [2.05, 4.69) is 17.1 Å². The summed E-state index contributed by atoms with van der Waals surface area (Å²) >= 11 is 0.